The van der Waals surface area contributed by atoms with Crippen LogP contribution in [0, 0.1) is 5.92 Å². The quantitative estimate of drug-likeness (QED) is 0.440. The maximum absolute atomic E-state index is 5.06. The van der Waals surface area contributed by atoms with Crippen LogP contribution in [-0.2, 0) is 4.74 Å². The van der Waals surface area contributed by atoms with Gasteiger partial charge in [-0.15, -0.1) is 0 Å². The SMILES string of the molecule is CCNC(=NCC(c1ccccc1)C(C)C)NCCOC. The van der Waals surface area contributed by atoms with E-state index in [0.717, 1.165) is 25.6 Å². The summed E-state index contributed by atoms with van der Waals surface area (Å²) in [4.78, 5) is 4.72. The van der Waals surface area contributed by atoms with E-state index in [-0.39, 0.29) is 0 Å². The van der Waals surface area contributed by atoms with Crippen LogP contribution in [0.1, 0.15) is 32.3 Å². The Kier molecular flexibility index (Phi) is 8.51. The molecule has 0 bridgehead atoms. The van der Waals surface area contributed by atoms with Crippen molar-refractivity contribution in [1.29, 1.82) is 0 Å². The average Bonchev–Trinajstić information content (AvgIpc) is 2.48. The Morgan fingerprint density at radius 1 is 1.19 bits per heavy atom. The molecule has 1 aromatic carbocycles. The molecule has 0 fully saturated rings. The predicted octanol–water partition coefficient (Wildman–Crippen LogP) is 2.63. The summed E-state index contributed by atoms with van der Waals surface area (Å²) in [7, 11) is 1.70. The van der Waals surface area contributed by atoms with Crippen LogP contribution < -0.4 is 10.6 Å². The van der Waals surface area contributed by atoms with E-state index < -0.39 is 0 Å². The molecule has 0 heterocycles. The molecule has 0 spiro atoms. The lowest BCUT2D eigenvalue weighted by Gasteiger charge is -2.20. The third-order valence-corrected chi connectivity index (χ3v) is 3.42. The second kappa shape index (κ2) is 10.2. The Morgan fingerprint density at radius 2 is 1.90 bits per heavy atom. The van der Waals surface area contributed by atoms with E-state index in [9.17, 15) is 0 Å². The van der Waals surface area contributed by atoms with Gasteiger partial charge in [-0.3, -0.25) is 4.99 Å². The van der Waals surface area contributed by atoms with Crippen molar-refractivity contribution < 1.29 is 4.74 Å². The van der Waals surface area contributed by atoms with Crippen molar-refractivity contribution in [3.8, 4) is 0 Å². The molecule has 0 amide bonds. The molecular formula is C17H29N3O. The number of nitrogens with one attached hydrogen (secondary N) is 2. The minimum absolute atomic E-state index is 0.434. The normalized spacial score (nSPS) is 13.3. The molecule has 0 aliphatic heterocycles. The summed E-state index contributed by atoms with van der Waals surface area (Å²) >= 11 is 0. The summed E-state index contributed by atoms with van der Waals surface area (Å²) in [5, 5.41) is 6.55. The summed E-state index contributed by atoms with van der Waals surface area (Å²) in [5.41, 5.74) is 1.35. The van der Waals surface area contributed by atoms with E-state index >= 15 is 0 Å². The largest absolute Gasteiger partial charge is 0.383 e. The molecule has 1 atom stereocenters. The van der Waals surface area contributed by atoms with Crippen molar-refractivity contribution in [1.82, 2.24) is 10.6 Å². The summed E-state index contributed by atoms with van der Waals surface area (Å²) < 4.78 is 5.06. The Morgan fingerprint density at radius 3 is 2.48 bits per heavy atom. The van der Waals surface area contributed by atoms with Gasteiger partial charge in [0.2, 0.25) is 0 Å². The smallest absolute Gasteiger partial charge is 0.191 e. The van der Waals surface area contributed by atoms with Gasteiger partial charge in [-0.05, 0) is 18.4 Å². The monoisotopic (exact) mass is 291 g/mol. The fourth-order valence-electron chi connectivity index (χ4n) is 2.20. The van der Waals surface area contributed by atoms with Gasteiger partial charge in [0, 0.05) is 32.7 Å². The lowest BCUT2D eigenvalue weighted by molar-refractivity contribution is 0.203. The molecule has 0 aromatic heterocycles. The molecule has 118 valence electrons. The molecule has 1 unspecified atom stereocenters. The zero-order chi connectivity index (χ0) is 15.5. The first-order chi connectivity index (χ1) is 10.2. The van der Waals surface area contributed by atoms with Crippen molar-refractivity contribution in [3.63, 3.8) is 0 Å². The van der Waals surface area contributed by atoms with Crippen LogP contribution in [0.4, 0.5) is 0 Å². The molecule has 4 heteroatoms. The van der Waals surface area contributed by atoms with Crippen molar-refractivity contribution in [2.24, 2.45) is 10.9 Å². The number of methoxy groups -OCH3 is 1. The van der Waals surface area contributed by atoms with Crippen LogP contribution in [0.3, 0.4) is 0 Å². The van der Waals surface area contributed by atoms with Gasteiger partial charge in [-0.2, -0.15) is 0 Å². The first-order valence-corrected chi connectivity index (χ1v) is 7.75. The van der Waals surface area contributed by atoms with Crippen molar-refractivity contribution in [2.45, 2.75) is 26.7 Å². The van der Waals surface area contributed by atoms with Gasteiger partial charge in [0.15, 0.2) is 5.96 Å². The number of benzene rings is 1. The fourth-order valence-corrected chi connectivity index (χ4v) is 2.20. The van der Waals surface area contributed by atoms with E-state index in [0.29, 0.717) is 18.4 Å². The number of nitrogens with zero attached hydrogens (tertiary/aromatic N) is 1. The van der Waals surface area contributed by atoms with Gasteiger partial charge in [0.1, 0.15) is 0 Å². The molecular weight excluding hydrogens is 262 g/mol. The van der Waals surface area contributed by atoms with E-state index in [1.54, 1.807) is 7.11 Å². The Balaban J connectivity index is 2.69. The molecule has 0 saturated heterocycles. The number of ether oxygens (including phenoxy) is 1. The van der Waals surface area contributed by atoms with Gasteiger partial charge >= 0.3 is 0 Å². The van der Waals surface area contributed by atoms with E-state index in [1.165, 1.54) is 5.56 Å². The molecule has 0 saturated carbocycles. The predicted molar refractivity (Wildman–Crippen MR) is 89.9 cm³/mol. The summed E-state index contributed by atoms with van der Waals surface area (Å²) in [6.45, 7) is 9.65. The highest BCUT2D eigenvalue weighted by atomic mass is 16.5. The average molecular weight is 291 g/mol. The minimum Gasteiger partial charge on any atom is -0.383 e. The third-order valence-electron chi connectivity index (χ3n) is 3.42. The van der Waals surface area contributed by atoms with E-state index in [2.05, 4.69) is 61.7 Å². The zero-order valence-corrected chi connectivity index (χ0v) is 13.7. The number of hydrogen-bond donors (Lipinski definition) is 2. The lowest BCUT2D eigenvalue weighted by atomic mass is 9.88. The number of aliphatic imine (C=N–C) groups is 1. The summed E-state index contributed by atoms with van der Waals surface area (Å²) in [6, 6.07) is 10.6. The Hall–Kier alpha value is -1.55. The number of rotatable bonds is 8. The van der Waals surface area contributed by atoms with Crippen molar-refractivity contribution in [3.05, 3.63) is 35.9 Å². The molecule has 4 nitrogen and oxygen atoms in total. The van der Waals surface area contributed by atoms with E-state index in [1.807, 2.05) is 0 Å². The first kappa shape index (κ1) is 17.5. The van der Waals surface area contributed by atoms with Crippen molar-refractivity contribution in [2.75, 3.05) is 33.4 Å². The molecule has 1 rings (SSSR count). The van der Waals surface area contributed by atoms with Gasteiger partial charge in [0.05, 0.1) is 6.61 Å². The molecule has 2 N–H and O–H groups in total. The van der Waals surface area contributed by atoms with E-state index in [4.69, 9.17) is 9.73 Å². The topological polar surface area (TPSA) is 45.7 Å². The van der Waals surface area contributed by atoms with Gasteiger partial charge in [-0.25, -0.2) is 0 Å². The maximum Gasteiger partial charge on any atom is 0.191 e. The second-order valence-electron chi connectivity index (χ2n) is 5.40. The summed E-state index contributed by atoms with van der Waals surface area (Å²) in [6.07, 6.45) is 0. The number of hydrogen-bond acceptors (Lipinski definition) is 2. The fraction of sp³-hybridized carbons (Fsp3) is 0.588. The van der Waals surface area contributed by atoms with Crippen LogP contribution in [-0.4, -0.2) is 39.3 Å². The van der Waals surface area contributed by atoms with Crippen LogP contribution >= 0.6 is 0 Å². The second-order valence-corrected chi connectivity index (χ2v) is 5.40. The number of guanidine groups is 1. The summed E-state index contributed by atoms with van der Waals surface area (Å²) in [5.74, 6) is 1.85. The Bertz CT molecular complexity index is 404. The standard InChI is InChI=1S/C17H29N3O/c1-5-18-17(19-11-12-21-4)20-13-16(14(2)3)15-9-7-6-8-10-15/h6-10,14,16H,5,11-13H2,1-4H3,(H2,18,19,20). The maximum atomic E-state index is 5.06. The highest BCUT2D eigenvalue weighted by molar-refractivity contribution is 5.79. The van der Waals surface area contributed by atoms with Crippen LogP contribution in [0.25, 0.3) is 0 Å². The van der Waals surface area contributed by atoms with Crippen molar-refractivity contribution >= 4 is 5.96 Å². The zero-order valence-electron chi connectivity index (χ0n) is 13.7. The molecule has 0 radical (unpaired) electrons. The van der Waals surface area contributed by atoms with Gasteiger partial charge in [-0.1, -0.05) is 44.2 Å². The molecule has 21 heavy (non-hydrogen) atoms. The molecule has 1 aromatic rings. The Labute approximate surface area is 129 Å². The lowest BCUT2D eigenvalue weighted by Crippen LogP contribution is -2.39. The van der Waals surface area contributed by atoms with Crippen LogP contribution in [0.15, 0.2) is 35.3 Å². The van der Waals surface area contributed by atoms with Crippen LogP contribution in [0.2, 0.25) is 0 Å². The first-order valence-electron chi connectivity index (χ1n) is 7.75. The highest BCUT2D eigenvalue weighted by Gasteiger charge is 2.15. The van der Waals surface area contributed by atoms with Crippen LogP contribution in [0.5, 0.6) is 0 Å². The van der Waals surface area contributed by atoms with Gasteiger partial charge in [0.25, 0.3) is 0 Å². The highest BCUT2D eigenvalue weighted by Crippen LogP contribution is 2.24. The van der Waals surface area contributed by atoms with Gasteiger partial charge < -0.3 is 15.4 Å². The minimum atomic E-state index is 0.434. The molecule has 0 aliphatic carbocycles. The molecule has 0 aliphatic rings. The third kappa shape index (κ3) is 6.63.